The number of anilines is 1. The average molecular weight is 280 g/mol. The lowest BCUT2D eigenvalue weighted by Crippen LogP contribution is -2.34. The van der Waals surface area contributed by atoms with Crippen LogP contribution in [-0.2, 0) is 20.6 Å². The zero-order valence-corrected chi connectivity index (χ0v) is 10.9. The third kappa shape index (κ3) is 2.19. The second-order valence-corrected chi connectivity index (χ2v) is 5.52. The number of hydrogen-bond donors (Lipinski definition) is 1. The van der Waals surface area contributed by atoms with Crippen molar-refractivity contribution in [1.82, 2.24) is 14.5 Å². The summed E-state index contributed by atoms with van der Waals surface area (Å²) in [4.78, 5) is 24.6. The third-order valence-corrected chi connectivity index (χ3v) is 4.14. The van der Waals surface area contributed by atoms with Gasteiger partial charge in [-0.1, -0.05) is 0 Å². The van der Waals surface area contributed by atoms with Crippen molar-refractivity contribution in [2.24, 2.45) is 0 Å². The van der Waals surface area contributed by atoms with Gasteiger partial charge in [0.1, 0.15) is 0 Å². The number of amides is 2. The molecule has 2 aliphatic rings. The van der Waals surface area contributed by atoms with Crippen molar-refractivity contribution in [1.29, 1.82) is 0 Å². The third-order valence-electron chi connectivity index (χ3n) is 3.07. The van der Waals surface area contributed by atoms with E-state index >= 15 is 0 Å². The van der Waals surface area contributed by atoms with Crippen LogP contribution >= 0.6 is 0 Å². The fourth-order valence-electron chi connectivity index (χ4n) is 2.14. The minimum absolute atomic E-state index is 0.0709. The molecule has 19 heavy (non-hydrogen) atoms. The molecule has 1 aromatic heterocycles. The maximum absolute atomic E-state index is 11.8. The molecule has 2 amide bonds. The normalized spacial score (nSPS) is 23.5. The Kier molecular flexibility index (Phi) is 2.94. The van der Waals surface area contributed by atoms with E-state index in [9.17, 15) is 13.8 Å². The highest BCUT2D eigenvalue weighted by Gasteiger charge is 2.24. The van der Waals surface area contributed by atoms with Crippen molar-refractivity contribution in [2.75, 3.05) is 11.4 Å². The molecular weight excluding hydrogens is 268 g/mol. The van der Waals surface area contributed by atoms with Gasteiger partial charge < -0.3 is 4.90 Å². The zero-order valence-electron chi connectivity index (χ0n) is 10.0. The minimum Gasteiger partial charge on any atom is -0.309 e. The molecule has 3 rings (SSSR count). The Morgan fingerprint density at radius 3 is 2.84 bits per heavy atom. The monoisotopic (exact) mass is 280 g/mol. The van der Waals surface area contributed by atoms with E-state index in [2.05, 4.69) is 9.82 Å². The first-order valence-electron chi connectivity index (χ1n) is 5.94. The standard InChI is InChI=1S/C11H12N4O3S/c16-9-5-11(19(18)13-9)15-7-8(6-12-15)14-4-2-1-3-10(14)17/h5-7H,1-4H2,(H,13,16). The first kappa shape index (κ1) is 12.1. The summed E-state index contributed by atoms with van der Waals surface area (Å²) in [5.41, 5.74) is 0.668. The van der Waals surface area contributed by atoms with Gasteiger partial charge in [0.05, 0.1) is 18.1 Å². The molecule has 2 aliphatic heterocycles. The number of carbonyl (C=O) groups excluding carboxylic acids is 2. The summed E-state index contributed by atoms with van der Waals surface area (Å²) in [7, 11) is -1.58. The summed E-state index contributed by atoms with van der Waals surface area (Å²) in [5.74, 6) is -0.332. The Morgan fingerprint density at radius 2 is 2.16 bits per heavy atom. The van der Waals surface area contributed by atoms with E-state index in [0.29, 0.717) is 18.7 Å². The Labute approximate surface area is 111 Å². The Morgan fingerprint density at radius 1 is 1.32 bits per heavy atom. The van der Waals surface area contributed by atoms with E-state index in [0.717, 1.165) is 12.8 Å². The molecule has 0 spiro atoms. The highest BCUT2D eigenvalue weighted by atomic mass is 32.2. The number of nitrogens with one attached hydrogen (secondary N) is 1. The number of nitrogens with zero attached hydrogens (tertiary/aromatic N) is 3. The minimum atomic E-state index is -1.58. The molecule has 1 atom stereocenters. The van der Waals surface area contributed by atoms with Gasteiger partial charge in [-0.2, -0.15) is 5.10 Å². The summed E-state index contributed by atoms with van der Waals surface area (Å²) in [6.07, 6.45) is 6.82. The van der Waals surface area contributed by atoms with Crippen LogP contribution in [0.3, 0.4) is 0 Å². The van der Waals surface area contributed by atoms with Gasteiger partial charge in [0.2, 0.25) is 5.91 Å². The maximum Gasteiger partial charge on any atom is 0.258 e. The largest absolute Gasteiger partial charge is 0.309 e. The fourth-order valence-corrected chi connectivity index (χ4v) is 2.97. The van der Waals surface area contributed by atoms with Crippen LogP contribution in [-0.4, -0.2) is 32.3 Å². The van der Waals surface area contributed by atoms with Crippen molar-refractivity contribution in [2.45, 2.75) is 19.3 Å². The second-order valence-electron chi connectivity index (χ2n) is 4.36. The highest BCUT2D eigenvalue weighted by molar-refractivity contribution is 7.93. The van der Waals surface area contributed by atoms with Crippen LogP contribution in [0.4, 0.5) is 5.69 Å². The quantitative estimate of drug-likeness (QED) is 0.826. The van der Waals surface area contributed by atoms with Gasteiger partial charge in [0.15, 0.2) is 16.0 Å². The number of piperidine rings is 1. The summed E-state index contributed by atoms with van der Waals surface area (Å²) in [5, 5.41) is 4.34. The molecule has 1 N–H and O–H groups in total. The Balaban J connectivity index is 1.87. The van der Waals surface area contributed by atoms with Crippen LogP contribution in [0.25, 0.3) is 5.03 Å². The molecule has 1 saturated heterocycles. The van der Waals surface area contributed by atoms with Gasteiger partial charge in [-0.25, -0.2) is 8.89 Å². The first-order chi connectivity index (χ1) is 9.15. The lowest BCUT2D eigenvalue weighted by atomic mass is 10.1. The van der Waals surface area contributed by atoms with E-state index in [1.165, 1.54) is 10.8 Å². The van der Waals surface area contributed by atoms with Crippen LogP contribution in [0.2, 0.25) is 0 Å². The first-order valence-corrected chi connectivity index (χ1v) is 7.09. The van der Waals surface area contributed by atoms with Gasteiger partial charge in [0.25, 0.3) is 5.91 Å². The van der Waals surface area contributed by atoms with E-state index in [1.807, 2.05) is 0 Å². The molecule has 0 aromatic carbocycles. The van der Waals surface area contributed by atoms with Crippen molar-refractivity contribution in [3.8, 4) is 0 Å². The smallest absolute Gasteiger partial charge is 0.258 e. The van der Waals surface area contributed by atoms with Gasteiger partial charge >= 0.3 is 0 Å². The molecule has 0 aliphatic carbocycles. The van der Waals surface area contributed by atoms with Crippen molar-refractivity contribution in [3.05, 3.63) is 18.5 Å². The zero-order chi connectivity index (χ0) is 13.4. The molecule has 1 fully saturated rings. The number of aromatic nitrogens is 2. The molecule has 1 aromatic rings. The predicted molar refractivity (Wildman–Crippen MR) is 69.0 cm³/mol. The molecular formula is C11H12N4O3S. The molecule has 7 nitrogen and oxygen atoms in total. The van der Waals surface area contributed by atoms with Crippen molar-refractivity contribution < 1.29 is 13.8 Å². The van der Waals surface area contributed by atoms with Gasteiger partial charge in [0, 0.05) is 19.0 Å². The van der Waals surface area contributed by atoms with E-state index in [-0.39, 0.29) is 10.9 Å². The molecule has 0 saturated carbocycles. The Hall–Kier alpha value is -1.96. The molecule has 0 bridgehead atoms. The SMILES string of the molecule is O=C1C=C(n2cc(N3CCCCC3=O)cn2)S(=O)N1. The summed E-state index contributed by atoms with van der Waals surface area (Å²) in [6.45, 7) is 0.670. The Bertz CT molecular complexity index is 607. The van der Waals surface area contributed by atoms with Crippen LogP contribution in [0.15, 0.2) is 18.5 Å². The average Bonchev–Trinajstić information content (AvgIpc) is 2.96. The predicted octanol–water partition coefficient (Wildman–Crippen LogP) is -0.00810. The van der Waals surface area contributed by atoms with Gasteiger partial charge in [-0.3, -0.25) is 14.3 Å². The number of carbonyl (C=O) groups is 2. The molecule has 8 heteroatoms. The molecule has 1 unspecified atom stereocenters. The number of rotatable bonds is 2. The van der Waals surface area contributed by atoms with Crippen LogP contribution in [0, 0.1) is 0 Å². The van der Waals surface area contributed by atoms with Gasteiger partial charge in [-0.15, -0.1) is 0 Å². The molecule has 100 valence electrons. The van der Waals surface area contributed by atoms with Crippen LogP contribution in [0.5, 0.6) is 0 Å². The lowest BCUT2D eigenvalue weighted by Gasteiger charge is -2.24. The van der Waals surface area contributed by atoms with E-state index in [1.54, 1.807) is 17.3 Å². The van der Waals surface area contributed by atoms with Gasteiger partial charge in [-0.05, 0) is 12.8 Å². The topological polar surface area (TPSA) is 84.3 Å². The fraction of sp³-hybridized carbons (Fsp3) is 0.364. The van der Waals surface area contributed by atoms with Crippen LogP contribution < -0.4 is 9.62 Å². The maximum atomic E-state index is 11.8. The van der Waals surface area contributed by atoms with E-state index in [4.69, 9.17) is 0 Å². The lowest BCUT2D eigenvalue weighted by molar-refractivity contribution is -0.119. The van der Waals surface area contributed by atoms with Crippen LogP contribution in [0.1, 0.15) is 19.3 Å². The summed E-state index contributed by atoms with van der Waals surface area (Å²) < 4.78 is 15.2. The number of hydrogen-bond acceptors (Lipinski definition) is 4. The van der Waals surface area contributed by atoms with Crippen molar-refractivity contribution >= 4 is 33.5 Å². The summed E-state index contributed by atoms with van der Waals surface area (Å²) in [6, 6.07) is 0. The molecule has 3 heterocycles. The summed E-state index contributed by atoms with van der Waals surface area (Å²) >= 11 is 0. The second kappa shape index (κ2) is 4.61. The highest BCUT2D eigenvalue weighted by Crippen LogP contribution is 2.22. The molecule has 0 radical (unpaired) electrons. The van der Waals surface area contributed by atoms with E-state index < -0.39 is 16.9 Å². The van der Waals surface area contributed by atoms with Crippen molar-refractivity contribution in [3.63, 3.8) is 0 Å².